The van der Waals surface area contributed by atoms with Crippen molar-refractivity contribution in [2.24, 2.45) is 0 Å². The molecule has 1 amide bonds. The van der Waals surface area contributed by atoms with E-state index < -0.39 is 11.6 Å². The molecule has 0 atom stereocenters. The Labute approximate surface area is 129 Å². The number of ether oxygens (including phenoxy) is 2. The molecule has 0 saturated carbocycles. The van der Waals surface area contributed by atoms with Crippen LogP contribution in [0.5, 0.6) is 5.75 Å². The van der Waals surface area contributed by atoms with Crippen LogP contribution in [0.25, 0.3) is 0 Å². The normalized spacial score (nSPS) is 10.9. The third kappa shape index (κ3) is 6.49. The number of rotatable bonds is 5. The molecule has 5 nitrogen and oxygen atoms in total. The second-order valence-corrected chi connectivity index (χ2v) is 5.92. The van der Waals surface area contributed by atoms with Gasteiger partial charge in [-0.1, -0.05) is 11.6 Å². The van der Waals surface area contributed by atoms with E-state index in [4.69, 9.17) is 21.1 Å². The van der Waals surface area contributed by atoms with E-state index in [2.05, 4.69) is 5.32 Å². The molecule has 6 heteroatoms. The van der Waals surface area contributed by atoms with Gasteiger partial charge in [0, 0.05) is 11.4 Å². The van der Waals surface area contributed by atoms with Gasteiger partial charge in [0.15, 0.2) is 0 Å². The van der Waals surface area contributed by atoms with Crippen molar-refractivity contribution in [3.05, 3.63) is 23.2 Å². The Morgan fingerprint density at radius 1 is 1.24 bits per heavy atom. The van der Waals surface area contributed by atoms with Gasteiger partial charge < -0.3 is 14.8 Å². The van der Waals surface area contributed by atoms with Crippen molar-refractivity contribution in [1.82, 2.24) is 0 Å². The van der Waals surface area contributed by atoms with Crippen LogP contribution in [0.2, 0.25) is 5.02 Å². The molecular weight excluding hydrogens is 294 g/mol. The van der Waals surface area contributed by atoms with Crippen molar-refractivity contribution >= 4 is 29.2 Å². The van der Waals surface area contributed by atoms with Crippen molar-refractivity contribution in [2.45, 2.75) is 39.2 Å². The van der Waals surface area contributed by atoms with Crippen LogP contribution in [-0.4, -0.2) is 24.6 Å². The lowest BCUT2D eigenvalue weighted by Gasteiger charge is -2.19. The molecule has 0 heterocycles. The average molecular weight is 314 g/mol. The summed E-state index contributed by atoms with van der Waals surface area (Å²) in [4.78, 5) is 23.4. The zero-order valence-electron chi connectivity index (χ0n) is 12.7. The number of methoxy groups -OCH3 is 1. The van der Waals surface area contributed by atoms with E-state index in [0.717, 1.165) is 0 Å². The lowest BCUT2D eigenvalue weighted by Crippen LogP contribution is -2.24. The summed E-state index contributed by atoms with van der Waals surface area (Å²) in [6.07, 6.45) is 0.0521. The lowest BCUT2D eigenvalue weighted by molar-refractivity contribution is -0.155. The molecule has 0 aliphatic heterocycles. The van der Waals surface area contributed by atoms with Crippen LogP contribution in [0.4, 0.5) is 5.69 Å². The van der Waals surface area contributed by atoms with Gasteiger partial charge in [0.05, 0.1) is 19.2 Å². The van der Waals surface area contributed by atoms with E-state index >= 15 is 0 Å². The summed E-state index contributed by atoms with van der Waals surface area (Å²) in [6.45, 7) is 5.34. The number of nitrogens with one attached hydrogen (secondary N) is 1. The minimum absolute atomic E-state index is 0.0198. The van der Waals surface area contributed by atoms with Crippen molar-refractivity contribution in [1.29, 1.82) is 0 Å². The first-order valence-electron chi connectivity index (χ1n) is 6.56. The number of halogens is 1. The van der Waals surface area contributed by atoms with Crippen LogP contribution < -0.4 is 10.1 Å². The van der Waals surface area contributed by atoms with E-state index in [1.807, 2.05) is 0 Å². The summed E-state index contributed by atoms with van der Waals surface area (Å²) < 4.78 is 10.3. The number of esters is 1. The molecule has 0 spiro atoms. The first-order valence-corrected chi connectivity index (χ1v) is 6.94. The third-order valence-electron chi connectivity index (χ3n) is 2.41. The molecule has 0 bridgehead atoms. The topological polar surface area (TPSA) is 64.6 Å². The maximum Gasteiger partial charge on any atom is 0.306 e. The van der Waals surface area contributed by atoms with Gasteiger partial charge in [0.25, 0.3) is 0 Å². The third-order valence-corrected chi connectivity index (χ3v) is 2.65. The monoisotopic (exact) mass is 313 g/mol. The molecule has 1 aromatic rings. The summed E-state index contributed by atoms with van der Waals surface area (Å²) in [6, 6.07) is 4.91. The Kier molecular flexibility index (Phi) is 6.03. The van der Waals surface area contributed by atoms with E-state index in [-0.39, 0.29) is 18.7 Å². The Morgan fingerprint density at radius 2 is 1.90 bits per heavy atom. The molecule has 0 aromatic heterocycles. The zero-order valence-corrected chi connectivity index (χ0v) is 13.4. The molecule has 0 saturated heterocycles. The molecular formula is C15H20ClNO4. The van der Waals surface area contributed by atoms with Crippen LogP contribution >= 0.6 is 11.6 Å². The molecule has 0 unspecified atom stereocenters. The predicted molar refractivity (Wildman–Crippen MR) is 81.7 cm³/mol. The molecule has 1 aromatic carbocycles. The lowest BCUT2D eigenvalue weighted by atomic mass is 10.2. The van der Waals surface area contributed by atoms with E-state index in [1.165, 1.54) is 7.11 Å². The van der Waals surface area contributed by atoms with Crippen LogP contribution in [0.1, 0.15) is 33.6 Å². The minimum Gasteiger partial charge on any atom is -0.495 e. The second-order valence-electron chi connectivity index (χ2n) is 5.48. The van der Waals surface area contributed by atoms with Gasteiger partial charge in [-0.3, -0.25) is 9.59 Å². The maximum atomic E-state index is 11.8. The molecule has 0 radical (unpaired) electrons. The van der Waals surface area contributed by atoms with Gasteiger partial charge in [-0.2, -0.15) is 0 Å². The first kappa shape index (κ1) is 17.3. The standard InChI is InChI=1S/C15H20ClNO4/c1-15(2,3)21-14(19)8-7-13(18)17-11-9-10(16)5-6-12(11)20-4/h5-6,9H,7-8H2,1-4H3,(H,17,18). The van der Waals surface area contributed by atoms with Crippen molar-refractivity contribution in [2.75, 3.05) is 12.4 Å². The maximum absolute atomic E-state index is 11.8. The van der Waals surface area contributed by atoms with Gasteiger partial charge >= 0.3 is 5.97 Å². The second kappa shape index (κ2) is 7.31. The highest BCUT2D eigenvalue weighted by atomic mass is 35.5. The summed E-state index contributed by atoms with van der Waals surface area (Å²) in [5.41, 5.74) is -0.0804. The van der Waals surface area contributed by atoms with Crippen LogP contribution in [0, 0.1) is 0 Å². The number of amides is 1. The highest BCUT2D eigenvalue weighted by molar-refractivity contribution is 6.31. The Bertz CT molecular complexity index is 523. The number of carbonyl (C=O) groups excluding carboxylic acids is 2. The Morgan fingerprint density at radius 3 is 2.48 bits per heavy atom. The van der Waals surface area contributed by atoms with Crippen molar-refractivity contribution in [3.8, 4) is 5.75 Å². The SMILES string of the molecule is COc1ccc(Cl)cc1NC(=O)CCC(=O)OC(C)(C)C. The largest absolute Gasteiger partial charge is 0.495 e. The summed E-state index contributed by atoms with van der Waals surface area (Å²) in [5, 5.41) is 3.15. The van der Waals surface area contributed by atoms with E-state index in [1.54, 1.807) is 39.0 Å². The fourth-order valence-electron chi connectivity index (χ4n) is 1.60. The quantitative estimate of drug-likeness (QED) is 0.846. The van der Waals surface area contributed by atoms with Crippen LogP contribution in [0.3, 0.4) is 0 Å². The number of anilines is 1. The number of benzene rings is 1. The minimum atomic E-state index is -0.552. The van der Waals surface area contributed by atoms with E-state index in [0.29, 0.717) is 16.5 Å². The highest BCUT2D eigenvalue weighted by Crippen LogP contribution is 2.27. The molecule has 1 N–H and O–H groups in total. The smallest absolute Gasteiger partial charge is 0.306 e. The highest BCUT2D eigenvalue weighted by Gasteiger charge is 2.17. The average Bonchev–Trinajstić information content (AvgIpc) is 2.35. The molecule has 1 rings (SSSR count). The number of hydrogen-bond acceptors (Lipinski definition) is 4. The summed E-state index contributed by atoms with van der Waals surface area (Å²) in [7, 11) is 1.50. The fourth-order valence-corrected chi connectivity index (χ4v) is 1.77. The van der Waals surface area contributed by atoms with Gasteiger partial charge in [0.2, 0.25) is 5.91 Å². The zero-order chi connectivity index (χ0) is 16.0. The number of hydrogen-bond donors (Lipinski definition) is 1. The fraction of sp³-hybridized carbons (Fsp3) is 0.467. The van der Waals surface area contributed by atoms with Crippen LogP contribution in [0.15, 0.2) is 18.2 Å². The summed E-state index contributed by atoms with van der Waals surface area (Å²) in [5.74, 6) is -0.206. The molecule has 116 valence electrons. The molecule has 0 fully saturated rings. The van der Waals surface area contributed by atoms with Crippen molar-refractivity contribution < 1.29 is 19.1 Å². The van der Waals surface area contributed by atoms with Gasteiger partial charge in [-0.05, 0) is 39.0 Å². The van der Waals surface area contributed by atoms with Crippen molar-refractivity contribution in [3.63, 3.8) is 0 Å². The predicted octanol–water partition coefficient (Wildman–Crippen LogP) is 3.41. The molecule has 0 aliphatic carbocycles. The van der Waals surface area contributed by atoms with Gasteiger partial charge in [0.1, 0.15) is 11.4 Å². The number of carbonyl (C=O) groups is 2. The Balaban J connectivity index is 2.55. The van der Waals surface area contributed by atoms with E-state index in [9.17, 15) is 9.59 Å². The first-order chi connectivity index (χ1) is 9.71. The summed E-state index contributed by atoms with van der Waals surface area (Å²) >= 11 is 5.88. The van der Waals surface area contributed by atoms with Gasteiger partial charge in [-0.25, -0.2) is 0 Å². The Hall–Kier alpha value is -1.75. The van der Waals surface area contributed by atoms with Crippen LogP contribution in [-0.2, 0) is 14.3 Å². The van der Waals surface area contributed by atoms with Gasteiger partial charge in [-0.15, -0.1) is 0 Å². The molecule has 0 aliphatic rings. The molecule has 21 heavy (non-hydrogen) atoms.